The number of hydrogen-bond acceptors (Lipinski definition) is 5. The minimum absolute atomic E-state index is 0.0879. The Hall–Kier alpha value is -2.22. The zero-order valence-electron chi connectivity index (χ0n) is 13.3. The third kappa shape index (κ3) is 3.76. The van der Waals surface area contributed by atoms with Gasteiger partial charge in [-0.25, -0.2) is 8.42 Å². The smallest absolute Gasteiger partial charge is 0.250 e. The molecule has 1 aromatic heterocycles. The number of aryl methyl sites for hydroxylation is 1. The highest BCUT2D eigenvalue weighted by molar-refractivity contribution is 7.92. The number of nitrogens with one attached hydrogen (secondary N) is 1. The normalized spacial score (nSPS) is 14.2. The van der Waals surface area contributed by atoms with E-state index < -0.39 is 21.0 Å². The predicted molar refractivity (Wildman–Crippen MR) is 85.5 cm³/mol. The first-order valence-corrected chi connectivity index (χ1v) is 8.79. The molecule has 124 valence electrons. The minimum Gasteiger partial charge on any atom is -0.354 e. The molecule has 2 atom stereocenters. The highest BCUT2D eigenvalue weighted by Gasteiger charge is 2.33. The number of aromatic nitrogens is 3. The molecule has 0 saturated carbocycles. The van der Waals surface area contributed by atoms with Gasteiger partial charge in [0, 0.05) is 13.6 Å². The molecule has 1 heterocycles. The summed E-state index contributed by atoms with van der Waals surface area (Å²) in [4.78, 5) is 12.2. The van der Waals surface area contributed by atoms with E-state index in [4.69, 9.17) is 0 Å². The van der Waals surface area contributed by atoms with Crippen LogP contribution < -0.4 is 5.32 Å². The van der Waals surface area contributed by atoms with Crippen LogP contribution in [-0.4, -0.2) is 40.9 Å². The fourth-order valence-corrected chi connectivity index (χ4v) is 3.42. The Kier molecular flexibility index (Phi) is 5.15. The van der Waals surface area contributed by atoms with Crippen LogP contribution in [0.5, 0.6) is 0 Å². The van der Waals surface area contributed by atoms with Gasteiger partial charge in [-0.05, 0) is 18.4 Å². The fourth-order valence-electron chi connectivity index (χ4n) is 2.13. The van der Waals surface area contributed by atoms with Crippen molar-refractivity contribution >= 4 is 15.7 Å². The summed E-state index contributed by atoms with van der Waals surface area (Å²) in [7, 11) is -2.34. The molecule has 1 aromatic carbocycles. The highest BCUT2D eigenvalue weighted by Crippen LogP contribution is 2.15. The van der Waals surface area contributed by atoms with Crippen molar-refractivity contribution < 1.29 is 13.2 Å². The summed E-state index contributed by atoms with van der Waals surface area (Å²) in [6.45, 7) is 3.69. The molecule has 1 amide bonds. The van der Waals surface area contributed by atoms with Gasteiger partial charge < -0.3 is 9.88 Å². The lowest BCUT2D eigenvalue weighted by Gasteiger charge is -2.16. The molecule has 0 bridgehead atoms. The van der Waals surface area contributed by atoms with E-state index in [1.807, 2.05) is 37.3 Å². The molecule has 2 aromatic rings. The van der Waals surface area contributed by atoms with Crippen molar-refractivity contribution in [3.05, 3.63) is 42.2 Å². The monoisotopic (exact) mass is 336 g/mol. The van der Waals surface area contributed by atoms with Crippen LogP contribution in [0.3, 0.4) is 0 Å². The average molecular weight is 336 g/mol. The van der Waals surface area contributed by atoms with Crippen molar-refractivity contribution in [2.45, 2.75) is 30.2 Å². The Morgan fingerprint density at radius 2 is 1.91 bits per heavy atom. The van der Waals surface area contributed by atoms with Crippen LogP contribution >= 0.6 is 0 Å². The second kappa shape index (κ2) is 6.91. The first-order valence-electron chi connectivity index (χ1n) is 7.24. The van der Waals surface area contributed by atoms with Crippen molar-refractivity contribution in [3.8, 4) is 0 Å². The third-order valence-corrected chi connectivity index (χ3v) is 5.73. The maximum absolute atomic E-state index is 12.4. The predicted octanol–water partition coefficient (Wildman–Crippen LogP) is 0.897. The number of nitrogens with zero attached hydrogens (tertiary/aromatic N) is 3. The van der Waals surface area contributed by atoms with Crippen molar-refractivity contribution in [3.63, 3.8) is 0 Å². The number of rotatable bonds is 6. The van der Waals surface area contributed by atoms with E-state index in [2.05, 4.69) is 15.5 Å². The van der Waals surface area contributed by atoms with Gasteiger partial charge in [-0.15, -0.1) is 10.2 Å². The maximum atomic E-state index is 12.4. The third-order valence-electron chi connectivity index (χ3n) is 3.71. The molecule has 23 heavy (non-hydrogen) atoms. The van der Waals surface area contributed by atoms with Gasteiger partial charge >= 0.3 is 0 Å². The van der Waals surface area contributed by atoms with Gasteiger partial charge in [0.15, 0.2) is 0 Å². The number of carbonyl (C=O) groups is 1. The first kappa shape index (κ1) is 17.1. The number of amides is 1. The molecule has 0 radical (unpaired) electrons. The molecule has 2 rings (SSSR count). The van der Waals surface area contributed by atoms with Gasteiger partial charge in [0.05, 0.1) is 0 Å². The molecule has 0 spiro atoms. The van der Waals surface area contributed by atoms with E-state index in [9.17, 15) is 13.2 Å². The van der Waals surface area contributed by atoms with Crippen molar-refractivity contribution in [2.75, 3.05) is 6.54 Å². The highest BCUT2D eigenvalue weighted by atomic mass is 32.2. The second-order valence-corrected chi connectivity index (χ2v) is 7.63. The van der Waals surface area contributed by atoms with Crippen molar-refractivity contribution in [2.24, 2.45) is 7.05 Å². The number of sulfone groups is 1. The summed E-state index contributed by atoms with van der Waals surface area (Å²) in [5.74, 6) is -0.458. The van der Waals surface area contributed by atoms with Gasteiger partial charge in [0.2, 0.25) is 20.9 Å². The second-order valence-electron chi connectivity index (χ2n) is 5.47. The Morgan fingerprint density at radius 1 is 1.26 bits per heavy atom. The Bertz CT molecular complexity index is 771. The van der Waals surface area contributed by atoms with Crippen molar-refractivity contribution in [1.82, 2.24) is 20.1 Å². The Labute approximate surface area is 135 Å². The van der Waals surface area contributed by atoms with Crippen LogP contribution in [0.15, 0.2) is 41.8 Å². The molecule has 0 fully saturated rings. The summed E-state index contributed by atoms with van der Waals surface area (Å²) in [6, 6.07) is 9.71. The molecular weight excluding hydrogens is 316 g/mol. The van der Waals surface area contributed by atoms with Crippen LogP contribution in [0.2, 0.25) is 0 Å². The standard InChI is InChI=1S/C15H20N4O3S/c1-11(13-7-5-4-6-8-13)9-16-14(20)12(2)23(21,22)15-18-17-10-19(15)3/h4-8,10-12H,9H2,1-3H3,(H,16,20)/t11-,12+/m1/s1. The quantitative estimate of drug-likeness (QED) is 0.846. The lowest BCUT2D eigenvalue weighted by atomic mass is 10.0. The van der Waals surface area contributed by atoms with Crippen LogP contribution in [0.25, 0.3) is 0 Å². The van der Waals surface area contributed by atoms with Crippen LogP contribution in [0, 0.1) is 0 Å². The molecule has 0 aliphatic heterocycles. The van der Waals surface area contributed by atoms with Crippen molar-refractivity contribution in [1.29, 1.82) is 0 Å². The number of carbonyl (C=O) groups excluding carboxylic acids is 1. The van der Waals surface area contributed by atoms with E-state index in [1.165, 1.54) is 24.9 Å². The summed E-state index contributed by atoms with van der Waals surface area (Å²) < 4.78 is 26.1. The van der Waals surface area contributed by atoms with E-state index in [1.54, 1.807) is 0 Å². The summed E-state index contributed by atoms with van der Waals surface area (Å²) in [5.41, 5.74) is 1.08. The van der Waals surface area contributed by atoms with Gasteiger partial charge in [-0.2, -0.15) is 0 Å². The number of hydrogen-bond donors (Lipinski definition) is 1. The van der Waals surface area contributed by atoms with E-state index in [-0.39, 0.29) is 11.1 Å². The molecular formula is C15H20N4O3S. The zero-order chi connectivity index (χ0) is 17.0. The van der Waals surface area contributed by atoms with Gasteiger partial charge in [0.25, 0.3) is 0 Å². The van der Waals surface area contributed by atoms with Crippen LogP contribution in [-0.2, 0) is 21.7 Å². The Balaban J connectivity index is 2.02. The molecule has 0 saturated heterocycles. The molecule has 1 N–H and O–H groups in total. The molecule has 7 nitrogen and oxygen atoms in total. The summed E-state index contributed by atoms with van der Waals surface area (Å²) in [5, 5.41) is 8.38. The van der Waals surface area contributed by atoms with Crippen LogP contribution in [0.1, 0.15) is 25.3 Å². The van der Waals surface area contributed by atoms with Crippen LogP contribution in [0.4, 0.5) is 0 Å². The van der Waals surface area contributed by atoms with Gasteiger partial charge in [-0.3, -0.25) is 4.79 Å². The fraction of sp³-hybridized carbons (Fsp3) is 0.400. The van der Waals surface area contributed by atoms with E-state index >= 15 is 0 Å². The van der Waals surface area contributed by atoms with Gasteiger partial charge in [0.1, 0.15) is 11.6 Å². The van der Waals surface area contributed by atoms with E-state index in [0.29, 0.717) is 6.54 Å². The zero-order valence-corrected chi connectivity index (χ0v) is 14.1. The molecule has 8 heteroatoms. The Morgan fingerprint density at radius 3 is 2.48 bits per heavy atom. The molecule has 0 unspecified atom stereocenters. The number of benzene rings is 1. The first-order chi connectivity index (χ1) is 10.8. The largest absolute Gasteiger partial charge is 0.354 e. The lowest BCUT2D eigenvalue weighted by molar-refractivity contribution is -0.120. The lowest BCUT2D eigenvalue weighted by Crippen LogP contribution is -2.40. The van der Waals surface area contributed by atoms with Gasteiger partial charge in [-0.1, -0.05) is 37.3 Å². The summed E-state index contributed by atoms with van der Waals surface area (Å²) in [6.07, 6.45) is 1.29. The SMILES string of the molecule is C[C@H](CNC(=O)[C@H](C)S(=O)(=O)c1nncn1C)c1ccccc1. The molecule has 0 aliphatic carbocycles. The minimum atomic E-state index is -3.86. The van der Waals surface area contributed by atoms with E-state index in [0.717, 1.165) is 5.56 Å². The summed E-state index contributed by atoms with van der Waals surface area (Å²) >= 11 is 0. The average Bonchev–Trinajstić information content (AvgIpc) is 2.99. The topological polar surface area (TPSA) is 93.9 Å². The maximum Gasteiger partial charge on any atom is 0.250 e. The molecule has 0 aliphatic rings.